The molecule has 0 saturated carbocycles. The van der Waals surface area contributed by atoms with Crippen molar-refractivity contribution in [2.75, 3.05) is 11.5 Å². The van der Waals surface area contributed by atoms with Crippen molar-refractivity contribution in [3.8, 4) is 11.1 Å². The molecule has 1 heterocycles. The molecule has 9 heteroatoms. The maximum absolute atomic E-state index is 13.0. The van der Waals surface area contributed by atoms with Gasteiger partial charge in [-0.15, -0.1) is 0 Å². The van der Waals surface area contributed by atoms with E-state index in [2.05, 4.69) is 9.97 Å². The van der Waals surface area contributed by atoms with Crippen LogP contribution in [-0.4, -0.2) is 9.97 Å². The molecule has 0 radical (unpaired) electrons. The molecule has 4 N–H and O–H groups in total. The van der Waals surface area contributed by atoms with Gasteiger partial charge < -0.3 is 11.5 Å². The van der Waals surface area contributed by atoms with E-state index in [1.165, 1.54) is 18.2 Å². The molecule has 0 spiro atoms. The number of rotatable bonds is 1. The predicted molar refractivity (Wildman–Crippen MR) is 71.3 cm³/mol. The first kappa shape index (κ1) is 14.7. The van der Waals surface area contributed by atoms with Gasteiger partial charge in [0, 0.05) is 0 Å². The molecular formula is C11H7Cl2F3N4. The number of anilines is 2. The van der Waals surface area contributed by atoms with Crippen LogP contribution in [0.15, 0.2) is 18.2 Å². The van der Waals surface area contributed by atoms with Crippen LogP contribution in [0.1, 0.15) is 5.69 Å². The Morgan fingerprint density at radius 2 is 1.65 bits per heavy atom. The van der Waals surface area contributed by atoms with E-state index in [1.807, 2.05) is 0 Å². The smallest absolute Gasteiger partial charge is 0.383 e. The molecule has 0 aliphatic carbocycles. The summed E-state index contributed by atoms with van der Waals surface area (Å²) in [7, 11) is 0. The Morgan fingerprint density at radius 3 is 2.20 bits per heavy atom. The molecule has 0 atom stereocenters. The number of nitrogens with zero attached hydrogens (tertiary/aromatic N) is 2. The molecule has 2 aromatic rings. The summed E-state index contributed by atoms with van der Waals surface area (Å²) in [5.74, 6) is -0.943. The highest BCUT2D eigenvalue weighted by Gasteiger charge is 2.37. The molecule has 1 aromatic heterocycles. The summed E-state index contributed by atoms with van der Waals surface area (Å²) in [4.78, 5) is 6.76. The zero-order chi connectivity index (χ0) is 15.1. The summed E-state index contributed by atoms with van der Waals surface area (Å²) in [5, 5.41) is 0.299. The van der Waals surface area contributed by atoms with Gasteiger partial charge in [-0.3, -0.25) is 0 Å². The van der Waals surface area contributed by atoms with E-state index < -0.39 is 17.8 Å². The van der Waals surface area contributed by atoms with Crippen molar-refractivity contribution in [1.82, 2.24) is 9.97 Å². The van der Waals surface area contributed by atoms with Crippen LogP contribution >= 0.6 is 23.2 Å². The number of aromatic nitrogens is 2. The van der Waals surface area contributed by atoms with Gasteiger partial charge in [0.25, 0.3) is 0 Å². The lowest BCUT2D eigenvalue weighted by atomic mass is 10.0. The minimum atomic E-state index is -4.73. The van der Waals surface area contributed by atoms with E-state index in [0.717, 1.165) is 0 Å². The van der Waals surface area contributed by atoms with Gasteiger partial charge in [0.05, 0.1) is 15.6 Å². The van der Waals surface area contributed by atoms with Crippen molar-refractivity contribution < 1.29 is 13.2 Å². The number of alkyl halides is 3. The first-order valence-corrected chi connectivity index (χ1v) is 5.91. The predicted octanol–water partition coefficient (Wildman–Crippen LogP) is 3.63. The van der Waals surface area contributed by atoms with Crippen molar-refractivity contribution in [2.45, 2.75) is 6.18 Å². The first-order valence-electron chi connectivity index (χ1n) is 5.15. The molecule has 4 nitrogen and oxygen atoms in total. The maximum atomic E-state index is 13.0. The monoisotopic (exact) mass is 322 g/mol. The number of nitrogen functional groups attached to an aromatic ring is 2. The zero-order valence-corrected chi connectivity index (χ0v) is 11.2. The van der Waals surface area contributed by atoms with Gasteiger partial charge in [0.15, 0.2) is 5.69 Å². The van der Waals surface area contributed by atoms with Gasteiger partial charge in [-0.05, 0) is 17.7 Å². The summed E-state index contributed by atoms with van der Waals surface area (Å²) in [6.07, 6.45) is -4.73. The molecule has 0 saturated heterocycles. The van der Waals surface area contributed by atoms with Crippen LogP contribution in [0.25, 0.3) is 11.1 Å². The Labute approximate surface area is 121 Å². The van der Waals surface area contributed by atoms with Gasteiger partial charge in [0.1, 0.15) is 5.82 Å². The van der Waals surface area contributed by atoms with E-state index in [4.69, 9.17) is 34.7 Å². The maximum Gasteiger partial charge on any atom is 0.434 e. The van der Waals surface area contributed by atoms with Crippen LogP contribution in [0.5, 0.6) is 0 Å². The summed E-state index contributed by atoms with van der Waals surface area (Å²) in [6.45, 7) is 0. The fraction of sp³-hybridized carbons (Fsp3) is 0.0909. The quantitative estimate of drug-likeness (QED) is 0.840. The van der Waals surface area contributed by atoms with Crippen LogP contribution in [0.2, 0.25) is 10.0 Å². The van der Waals surface area contributed by atoms with Gasteiger partial charge in [-0.2, -0.15) is 18.2 Å². The first-order chi connectivity index (χ1) is 9.20. The van der Waals surface area contributed by atoms with Crippen LogP contribution < -0.4 is 11.5 Å². The van der Waals surface area contributed by atoms with Crippen molar-refractivity contribution in [3.63, 3.8) is 0 Å². The molecule has 0 bridgehead atoms. The average molecular weight is 323 g/mol. The SMILES string of the molecule is Nc1nc(N)c(-c2ccc(Cl)c(Cl)c2)c(C(F)(F)F)n1. The van der Waals surface area contributed by atoms with Gasteiger partial charge in [0.2, 0.25) is 5.95 Å². The zero-order valence-electron chi connectivity index (χ0n) is 9.67. The Balaban J connectivity index is 2.75. The van der Waals surface area contributed by atoms with Crippen LogP contribution in [0, 0.1) is 0 Å². The van der Waals surface area contributed by atoms with Crippen molar-refractivity contribution >= 4 is 35.0 Å². The molecular weight excluding hydrogens is 316 g/mol. The largest absolute Gasteiger partial charge is 0.434 e. The highest BCUT2D eigenvalue weighted by atomic mass is 35.5. The Kier molecular flexibility index (Phi) is 3.66. The van der Waals surface area contributed by atoms with E-state index in [1.54, 1.807) is 0 Å². The topological polar surface area (TPSA) is 77.8 Å². The second-order valence-corrected chi connectivity index (χ2v) is 4.63. The second kappa shape index (κ2) is 4.99. The molecule has 2 rings (SSSR count). The lowest BCUT2D eigenvalue weighted by Crippen LogP contribution is -2.15. The molecule has 0 amide bonds. The Hall–Kier alpha value is -1.73. The number of halogens is 5. The Bertz CT molecular complexity index is 673. The lowest BCUT2D eigenvalue weighted by Gasteiger charge is -2.14. The van der Waals surface area contributed by atoms with Crippen molar-refractivity contribution in [2.24, 2.45) is 0 Å². The molecule has 20 heavy (non-hydrogen) atoms. The lowest BCUT2D eigenvalue weighted by molar-refractivity contribution is -0.140. The summed E-state index contributed by atoms with van der Waals surface area (Å²) in [6, 6.07) is 3.95. The third-order valence-corrected chi connectivity index (χ3v) is 3.17. The fourth-order valence-electron chi connectivity index (χ4n) is 1.64. The van der Waals surface area contributed by atoms with Crippen LogP contribution in [0.3, 0.4) is 0 Å². The average Bonchev–Trinajstić information content (AvgIpc) is 2.31. The second-order valence-electron chi connectivity index (χ2n) is 3.82. The highest BCUT2D eigenvalue weighted by molar-refractivity contribution is 6.42. The summed E-state index contributed by atoms with van der Waals surface area (Å²) < 4.78 is 39.0. The number of benzene rings is 1. The molecule has 0 unspecified atom stereocenters. The van der Waals surface area contributed by atoms with E-state index in [-0.39, 0.29) is 27.0 Å². The standard InChI is InChI=1S/C11H7Cl2F3N4/c12-5-2-1-4(3-6(5)13)7-8(11(14,15)16)19-10(18)20-9(7)17/h1-3H,(H4,17,18,19,20). The van der Waals surface area contributed by atoms with E-state index in [9.17, 15) is 13.2 Å². The minimum absolute atomic E-state index is 0.0912. The Morgan fingerprint density at radius 1 is 1.00 bits per heavy atom. The molecule has 0 aliphatic rings. The molecule has 106 valence electrons. The van der Waals surface area contributed by atoms with Gasteiger partial charge in [-0.25, -0.2) is 4.98 Å². The van der Waals surface area contributed by atoms with Gasteiger partial charge >= 0.3 is 6.18 Å². The summed E-state index contributed by atoms with van der Waals surface area (Å²) >= 11 is 11.5. The molecule has 0 aliphatic heterocycles. The van der Waals surface area contributed by atoms with E-state index >= 15 is 0 Å². The molecule has 0 fully saturated rings. The van der Waals surface area contributed by atoms with Crippen molar-refractivity contribution in [3.05, 3.63) is 33.9 Å². The number of hydrogen-bond acceptors (Lipinski definition) is 4. The fourth-order valence-corrected chi connectivity index (χ4v) is 1.94. The van der Waals surface area contributed by atoms with E-state index in [0.29, 0.717) is 0 Å². The highest BCUT2D eigenvalue weighted by Crippen LogP contribution is 2.40. The van der Waals surface area contributed by atoms with Crippen molar-refractivity contribution in [1.29, 1.82) is 0 Å². The minimum Gasteiger partial charge on any atom is -0.383 e. The normalized spacial score (nSPS) is 11.7. The number of nitrogens with two attached hydrogens (primary N) is 2. The molecule has 1 aromatic carbocycles. The third kappa shape index (κ3) is 2.73. The van der Waals surface area contributed by atoms with Crippen LogP contribution in [-0.2, 0) is 6.18 Å². The number of hydrogen-bond donors (Lipinski definition) is 2. The van der Waals surface area contributed by atoms with Gasteiger partial charge in [-0.1, -0.05) is 29.3 Å². The van der Waals surface area contributed by atoms with Crippen LogP contribution in [0.4, 0.5) is 24.9 Å². The summed E-state index contributed by atoms with van der Waals surface area (Å²) in [5.41, 5.74) is 9.24. The third-order valence-electron chi connectivity index (χ3n) is 2.43.